The topological polar surface area (TPSA) is 108 Å². The van der Waals surface area contributed by atoms with E-state index in [1.165, 1.54) is 4.90 Å². The molecule has 0 saturated heterocycles. The van der Waals surface area contributed by atoms with Crippen LogP contribution in [0.15, 0.2) is 0 Å². The molecule has 1 rings (SSSR count). The van der Waals surface area contributed by atoms with E-state index in [-0.39, 0.29) is 18.1 Å². The molecule has 0 aromatic carbocycles. The Morgan fingerprint density at radius 2 is 2.11 bits per heavy atom. The second-order valence-electron chi connectivity index (χ2n) is 4.56. The molecule has 0 saturated carbocycles. The summed E-state index contributed by atoms with van der Waals surface area (Å²) >= 11 is 0.957. The molecular formula is C9H15N5O3S. The fourth-order valence-corrected chi connectivity index (χ4v) is 1.65. The highest BCUT2D eigenvalue weighted by Crippen LogP contribution is 2.16. The van der Waals surface area contributed by atoms with Crippen molar-refractivity contribution >= 4 is 28.7 Å². The van der Waals surface area contributed by atoms with E-state index >= 15 is 0 Å². The molecule has 100 valence electrons. The number of aromatic nitrogens is 3. The number of carboxylic acids is 1. The zero-order valence-corrected chi connectivity index (χ0v) is 11.2. The fraction of sp³-hybridized carbons (Fsp3) is 0.667. The van der Waals surface area contributed by atoms with Gasteiger partial charge in [-0.3, -0.25) is 10.1 Å². The Labute approximate surface area is 108 Å². The number of rotatable bonds is 4. The highest BCUT2D eigenvalue weighted by molar-refractivity contribution is 7.09. The van der Waals surface area contributed by atoms with Crippen molar-refractivity contribution in [3.8, 4) is 0 Å². The van der Waals surface area contributed by atoms with Gasteiger partial charge in [-0.25, -0.2) is 4.79 Å². The largest absolute Gasteiger partial charge is 0.481 e. The molecule has 0 spiro atoms. The molecule has 2 N–H and O–H groups in total. The van der Waals surface area contributed by atoms with Gasteiger partial charge in [0.2, 0.25) is 5.13 Å². The van der Waals surface area contributed by atoms with Crippen molar-refractivity contribution in [3.05, 3.63) is 0 Å². The molecule has 18 heavy (non-hydrogen) atoms. The average Bonchev–Trinajstić information content (AvgIpc) is 2.67. The lowest BCUT2D eigenvalue weighted by atomic mass is 10.1. The summed E-state index contributed by atoms with van der Waals surface area (Å²) in [5, 5.41) is 18.4. The molecule has 0 bridgehead atoms. The van der Waals surface area contributed by atoms with Crippen LogP contribution in [0.3, 0.4) is 0 Å². The van der Waals surface area contributed by atoms with Gasteiger partial charge in [0.25, 0.3) is 0 Å². The summed E-state index contributed by atoms with van der Waals surface area (Å²) in [6.45, 7) is 5.60. The zero-order chi connectivity index (χ0) is 13.8. The predicted molar refractivity (Wildman–Crippen MR) is 65.4 cm³/mol. The lowest BCUT2D eigenvalue weighted by Gasteiger charge is -2.34. The number of aliphatic carboxylic acids is 1. The molecular weight excluding hydrogens is 258 g/mol. The van der Waals surface area contributed by atoms with Gasteiger partial charge in [0.1, 0.15) is 0 Å². The molecule has 1 heterocycles. The van der Waals surface area contributed by atoms with Crippen molar-refractivity contribution < 1.29 is 14.7 Å². The van der Waals surface area contributed by atoms with Gasteiger partial charge >= 0.3 is 12.0 Å². The van der Waals surface area contributed by atoms with Gasteiger partial charge in [-0.1, -0.05) is 9.59 Å². The molecule has 8 nitrogen and oxygen atoms in total. The van der Waals surface area contributed by atoms with Crippen LogP contribution in [0.5, 0.6) is 0 Å². The molecule has 1 aromatic rings. The van der Waals surface area contributed by atoms with E-state index in [1.807, 2.05) is 20.8 Å². The van der Waals surface area contributed by atoms with Crippen LogP contribution in [-0.4, -0.2) is 48.9 Å². The van der Waals surface area contributed by atoms with Gasteiger partial charge in [-0.05, 0) is 26.0 Å². The number of nitrogens with one attached hydrogen (secondary N) is 1. The molecule has 0 unspecified atom stereocenters. The summed E-state index contributed by atoms with van der Waals surface area (Å²) in [6, 6.07) is -0.415. The molecule has 0 aliphatic rings. The maximum atomic E-state index is 12.0. The van der Waals surface area contributed by atoms with Crippen LogP contribution in [0.2, 0.25) is 0 Å². The predicted octanol–water partition coefficient (Wildman–Crippen LogP) is 1.04. The number of nitrogens with zero attached hydrogens (tertiary/aromatic N) is 4. The zero-order valence-electron chi connectivity index (χ0n) is 10.4. The Kier molecular flexibility index (Phi) is 4.54. The monoisotopic (exact) mass is 273 g/mol. The van der Waals surface area contributed by atoms with Crippen molar-refractivity contribution in [2.75, 3.05) is 11.9 Å². The number of carboxylic acid groups (broad SMARTS) is 1. The Balaban J connectivity index is 2.70. The van der Waals surface area contributed by atoms with Gasteiger partial charge in [-0.15, -0.1) is 0 Å². The molecule has 0 fully saturated rings. The number of anilines is 1. The molecule has 0 radical (unpaired) electrons. The van der Waals surface area contributed by atoms with Gasteiger partial charge in [0.05, 0.1) is 6.42 Å². The summed E-state index contributed by atoms with van der Waals surface area (Å²) in [5.41, 5.74) is -0.488. The van der Waals surface area contributed by atoms with Crippen molar-refractivity contribution in [1.29, 1.82) is 0 Å². The van der Waals surface area contributed by atoms with E-state index in [9.17, 15) is 9.59 Å². The van der Waals surface area contributed by atoms with Gasteiger partial charge in [-0.2, -0.15) is 0 Å². The summed E-state index contributed by atoms with van der Waals surface area (Å²) in [7, 11) is 0. The van der Waals surface area contributed by atoms with Crippen LogP contribution in [-0.2, 0) is 4.79 Å². The van der Waals surface area contributed by atoms with Crippen molar-refractivity contribution in [2.45, 2.75) is 32.7 Å². The quantitative estimate of drug-likeness (QED) is 0.848. The summed E-state index contributed by atoms with van der Waals surface area (Å²) in [5.74, 6) is -0.949. The second kappa shape index (κ2) is 5.71. The summed E-state index contributed by atoms with van der Waals surface area (Å²) in [6.07, 6.45) is -0.112. The minimum absolute atomic E-state index is 0.112. The van der Waals surface area contributed by atoms with Gasteiger partial charge in [0, 0.05) is 23.6 Å². The summed E-state index contributed by atoms with van der Waals surface area (Å²) < 4.78 is 3.52. The van der Waals surface area contributed by atoms with E-state index in [2.05, 4.69) is 20.1 Å². The first-order chi connectivity index (χ1) is 8.30. The minimum Gasteiger partial charge on any atom is -0.481 e. The van der Waals surface area contributed by atoms with Crippen LogP contribution in [0.1, 0.15) is 27.2 Å². The van der Waals surface area contributed by atoms with Gasteiger partial charge < -0.3 is 10.0 Å². The number of hydrogen-bond donors (Lipinski definition) is 2. The van der Waals surface area contributed by atoms with Gasteiger partial charge in [0.15, 0.2) is 0 Å². The maximum Gasteiger partial charge on any atom is 0.324 e. The SMILES string of the molecule is CC(C)(C)N(CCC(=O)O)C(=O)Nc1nnns1. The highest BCUT2D eigenvalue weighted by Gasteiger charge is 2.27. The lowest BCUT2D eigenvalue weighted by molar-refractivity contribution is -0.137. The number of carbonyl (C=O) groups excluding carboxylic acids is 1. The first kappa shape index (κ1) is 14.3. The number of carbonyl (C=O) groups is 2. The molecule has 9 heteroatoms. The lowest BCUT2D eigenvalue weighted by Crippen LogP contribution is -2.48. The standard InChI is InChI=1S/C9H15N5O3S/c1-9(2,3)14(5-4-6(15)16)8(17)10-7-11-12-13-18-7/h4-5H2,1-3H3,(H,15,16)(H,10,11,13,17). The van der Waals surface area contributed by atoms with Crippen LogP contribution in [0.4, 0.5) is 9.93 Å². The second-order valence-corrected chi connectivity index (χ2v) is 5.30. The van der Waals surface area contributed by atoms with Crippen molar-refractivity contribution in [2.24, 2.45) is 0 Å². The highest BCUT2D eigenvalue weighted by atomic mass is 32.1. The Hall–Kier alpha value is -1.77. The normalized spacial score (nSPS) is 11.1. The first-order valence-electron chi connectivity index (χ1n) is 5.26. The van der Waals surface area contributed by atoms with E-state index < -0.39 is 17.5 Å². The third kappa shape index (κ3) is 4.24. The van der Waals surface area contributed by atoms with Crippen LogP contribution in [0.25, 0.3) is 0 Å². The summed E-state index contributed by atoms with van der Waals surface area (Å²) in [4.78, 5) is 24.0. The van der Waals surface area contributed by atoms with Crippen LogP contribution in [0, 0.1) is 0 Å². The molecule has 0 aliphatic carbocycles. The van der Waals surface area contributed by atoms with Crippen LogP contribution < -0.4 is 5.32 Å². The first-order valence-corrected chi connectivity index (χ1v) is 6.03. The fourth-order valence-electron chi connectivity index (χ4n) is 1.29. The smallest absolute Gasteiger partial charge is 0.324 e. The molecule has 0 atom stereocenters. The minimum atomic E-state index is -0.949. The van der Waals surface area contributed by atoms with E-state index in [0.29, 0.717) is 0 Å². The third-order valence-corrected chi connectivity index (χ3v) is 2.63. The Morgan fingerprint density at radius 3 is 2.56 bits per heavy atom. The van der Waals surface area contributed by atoms with E-state index in [1.54, 1.807) is 0 Å². The number of urea groups is 1. The van der Waals surface area contributed by atoms with E-state index in [4.69, 9.17) is 5.11 Å². The molecule has 2 amide bonds. The number of hydrogen-bond acceptors (Lipinski definition) is 6. The van der Waals surface area contributed by atoms with Crippen molar-refractivity contribution in [3.63, 3.8) is 0 Å². The third-order valence-electron chi connectivity index (χ3n) is 2.12. The maximum absolute atomic E-state index is 12.0. The Morgan fingerprint density at radius 1 is 1.44 bits per heavy atom. The average molecular weight is 273 g/mol. The van der Waals surface area contributed by atoms with E-state index in [0.717, 1.165) is 11.5 Å². The molecule has 0 aliphatic heterocycles. The number of amides is 2. The van der Waals surface area contributed by atoms with Crippen LogP contribution >= 0.6 is 11.5 Å². The molecule has 1 aromatic heterocycles. The van der Waals surface area contributed by atoms with Crippen molar-refractivity contribution in [1.82, 2.24) is 19.7 Å². The Bertz CT molecular complexity index is 414.